The number of rotatable bonds is 6. The van der Waals surface area contributed by atoms with Crippen molar-refractivity contribution in [2.24, 2.45) is 4.99 Å². The molecule has 0 bridgehead atoms. The van der Waals surface area contributed by atoms with E-state index in [1.807, 2.05) is 19.3 Å². The highest BCUT2D eigenvalue weighted by Gasteiger charge is 2.18. The topological polar surface area (TPSA) is 57.0 Å². The Morgan fingerprint density at radius 3 is 2.85 bits per heavy atom. The van der Waals surface area contributed by atoms with Gasteiger partial charge in [-0.2, -0.15) is 0 Å². The number of pyridine rings is 1. The lowest BCUT2D eigenvalue weighted by atomic mass is 10.1. The Labute approximate surface area is 179 Å². The summed E-state index contributed by atoms with van der Waals surface area (Å²) in [4.78, 5) is 11.5. The summed E-state index contributed by atoms with van der Waals surface area (Å²) in [6.07, 6.45) is 9.29. The molecule has 1 saturated heterocycles. The van der Waals surface area contributed by atoms with Crippen LogP contribution in [0.5, 0.6) is 0 Å². The van der Waals surface area contributed by atoms with E-state index in [4.69, 9.17) is 4.98 Å². The molecule has 0 spiro atoms. The molecule has 0 radical (unpaired) electrons. The van der Waals surface area contributed by atoms with Crippen molar-refractivity contribution in [3.63, 3.8) is 0 Å². The van der Waals surface area contributed by atoms with Gasteiger partial charge >= 0.3 is 0 Å². The zero-order valence-electron chi connectivity index (χ0n) is 16.3. The van der Waals surface area contributed by atoms with E-state index < -0.39 is 0 Å². The number of imidazole rings is 1. The van der Waals surface area contributed by atoms with Crippen LogP contribution < -0.4 is 10.6 Å². The summed E-state index contributed by atoms with van der Waals surface area (Å²) < 4.78 is 2.09. The van der Waals surface area contributed by atoms with Gasteiger partial charge in [0.15, 0.2) is 5.96 Å². The molecule has 7 heteroatoms. The highest BCUT2D eigenvalue weighted by molar-refractivity contribution is 14.0. The van der Waals surface area contributed by atoms with Crippen LogP contribution in [0, 0.1) is 6.92 Å². The van der Waals surface area contributed by atoms with E-state index in [0.717, 1.165) is 62.7 Å². The maximum absolute atomic E-state index is 4.73. The minimum absolute atomic E-state index is 0. The third-order valence-corrected chi connectivity index (χ3v) is 4.94. The highest BCUT2D eigenvalue weighted by Crippen LogP contribution is 2.11. The van der Waals surface area contributed by atoms with E-state index in [0.29, 0.717) is 6.04 Å². The van der Waals surface area contributed by atoms with Crippen LogP contribution in [-0.4, -0.2) is 59.5 Å². The van der Waals surface area contributed by atoms with Gasteiger partial charge in [0.1, 0.15) is 5.65 Å². The second kappa shape index (κ2) is 10.7. The van der Waals surface area contributed by atoms with Gasteiger partial charge in [0.25, 0.3) is 0 Å². The number of halogens is 1. The molecule has 2 N–H and O–H groups in total. The Kier molecular flexibility index (Phi) is 8.56. The number of nitrogens with one attached hydrogen (secondary N) is 2. The molecule has 27 heavy (non-hydrogen) atoms. The SMILES string of the molecule is C=CCN1CCC(NC(=NC)NCCc2cn3cccc(C)c3n2)CC1.I. The van der Waals surface area contributed by atoms with Crippen molar-refractivity contribution in [1.82, 2.24) is 24.9 Å². The molecule has 1 aliphatic rings. The zero-order valence-corrected chi connectivity index (χ0v) is 18.6. The molecule has 2 aromatic rings. The van der Waals surface area contributed by atoms with Crippen molar-refractivity contribution in [2.75, 3.05) is 33.2 Å². The Hall–Kier alpha value is -1.61. The van der Waals surface area contributed by atoms with Gasteiger partial charge in [0.2, 0.25) is 0 Å². The second-order valence-electron chi connectivity index (χ2n) is 6.91. The molecule has 0 saturated carbocycles. The number of hydrogen-bond donors (Lipinski definition) is 2. The summed E-state index contributed by atoms with van der Waals surface area (Å²) in [5.41, 5.74) is 3.34. The van der Waals surface area contributed by atoms with Crippen LogP contribution in [0.25, 0.3) is 5.65 Å². The lowest BCUT2D eigenvalue weighted by Gasteiger charge is -2.32. The maximum Gasteiger partial charge on any atom is 0.191 e. The van der Waals surface area contributed by atoms with E-state index >= 15 is 0 Å². The van der Waals surface area contributed by atoms with Crippen LogP contribution in [0.4, 0.5) is 0 Å². The minimum Gasteiger partial charge on any atom is -0.356 e. The van der Waals surface area contributed by atoms with E-state index in [9.17, 15) is 0 Å². The first-order chi connectivity index (χ1) is 12.7. The van der Waals surface area contributed by atoms with Gasteiger partial charge in [0.05, 0.1) is 5.69 Å². The number of guanidine groups is 1. The number of piperidine rings is 1. The fraction of sp³-hybridized carbons (Fsp3) is 0.500. The smallest absolute Gasteiger partial charge is 0.191 e. The Balaban J connectivity index is 0.00000261. The van der Waals surface area contributed by atoms with Crippen molar-refractivity contribution in [1.29, 1.82) is 0 Å². The number of fused-ring (bicyclic) bond motifs is 1. The molecule has 0 amide bonds. The number of aryl methyl sites for hydroxylation is 1. The van der Waals surface area contributed by atoms with Gasteiger partial charge in [-0.15, -0.1) is 30.6 Å². The molecule has 0 aromatic carbocycles. The van der Waals surface area contributed by atoms with Crippen LogP contribution >= 0.6 is 24.0 Å². The lowest BCUT2D eigenvalue weighted by Crippen LogP contribution is -2.49. The molecular weight excluding hydrogens is 451 g/mol. The molecule has 148 valence electrons. The molecular formula is C20H31IN6. The number of likely N-dealkylation sites (tertiary alicyclic amines) is 1. The molecule has 1 aliphatic heterocycles. The van der Waals surface area contributed by atoms with E-state index in [1.54, 1.807) is 0 Å². The normalized spacial score (nSPS) is 16.1. The van der Waals surface area contributed by atoms with Crippen LogP contribution in [0.2, 0.25) is 0 Å². The first kappa shape index (κ1) is 21.7. The molecule has 1 fully saturated rings. The standard InChI is InChI=1S/C20H30N6.HI/c1-4-11-25-13-8-17(9-14-25)24-20(21-3)22-10-7-18-15-26-12-5-6-16(2)19(26)23-18;/h4-6,12,15,17H,1,7-11,13-14H2,2-3H3,(H2,21,22,24);1H. The summed E-state index contributed by atoms with van der Waals surface area (Å²) in [5.74, 6) is 0.882. The van der Waals surface area contributed by atoms with Gasteiger partial charge in [-0.25, -0.2) is 4.98 Å². The van der Waals surface area contributed by atoms with Crippen LogP contribution in [0.3, 0.4) is 0 Å². The number of hydrogen-bond acceptors (Lipinski definition) is 3. The Bertz CT molecular complexity index is 761. The third kappa shape index (κ3) is 5.93. The van der Waals surface area contributed by atoms with Crippen LogP contribution in [0.1, 0.15) is 24.1 Å². The summed E-state index contributed by atoms with van der Waals surface area (Å²) >= 11 is 0. The zero-order chi connectivity index (χ0) is 18.4. The number of aliphatic imine (C=N–C) groups is 1. The van der Waals surface area contributed by atoms with Crippen molar-refractivity contribution >= 4 is 35.6 Å². The Morgan fingerprint density at radius 2 is 2.19 bits per heavy atom. The van der Waals surface area contributed by atoms with Crippen molar-refractivity contribution in [3.8, 4) is 0 Å². The van der Waals surface area contributed by atoms with Crippen molar-refractivity contribution < 1.29 is 0 Å². The summed E-state index contributed by atoms with van der Waals surface area (Å²) in [5, 5.41) is 6.97. The summed E-state index contributed by atoms with van der Waals surface area (Å²) in [7, 11) is 1.83. The predicted octanol–water partition coefficient (Wildman–Crippen LogP) is 2.62. The Morgan fingerprint density at radius 1 is 1.41 bits per heavy atom. The maximum atomic E-state index is 4.73. The van der Waals surface area contributed by atoms with E-state index in [1.165, 1.54) is 5.56 Å². The monoisotopic (exact) mass is 482 g/mol. The molecule has 3 rings (SSSR count). The molecule has 0 atom stereocenters. The number of nitrogens with zero attached hydrogens (tertiary/aromatic N) is 4. The van der Waals surface area contributed by atoms with Gasteiger partial charge < -0.3 is 15.0 Å². The highest BCUT2D eigenvalue weighted by atomic mass is 127. The third-order valence-electron chi connectivity index (χ3n) is 4.94. The van der Waals surface area contributed by atoms with Gasteiger partial charge in [-0.05, 0) is 31.4 Å². The molecule has 3 heterocycles. The largest absolute Gasteiger partial charge is 0.356 e. The molecule has 0 aliphatic carbocycles. The number of aromatic nitrogens is 2. The first-order valence-corrected chi connectivity index (χ1v) is 9.43. The average molecular weight is 482 g/mol. The quantitative estimate of drug-likeness (QED) is 0.288. The average Bonchev–Trinajstić information content (AvgIpc) is 3.07. The van der Waals surface area contributed by atoms with Crippen LogP contribution in [-0.2, 0) is 6.42 Å². The first-order valence-electron chi connectivity index (χ1n) is 9.43. The van der Waals surface area contributed by atoms with Gasteiger partial charge in [-0.1, -0.05) is 12.1 Å². The molecule has 6 nitrogen and oxygen atoms in total. The van der Waals surface area contributed by atoms with Crippen molar-refractivity contribution in [2.45, 2.75) is 32.2 Å². The second-order valence-corrected chi connectivity index (χ2v) is 6.91. The minimum atomic E-state index is 0. The molecule has 2 aromatic heterocycles. The van der Waals surface area contributed by atoms with Crippen LogP contribution in [0.15, 0.2) is 42.2 Å². The van der Waals surface area contributed by atoms with Gasteiger partial charge in [-0.3, -0.25) is 9.89 Å². The van der Waals surface area contributed by atoms with E-state index in [-0.39, 0.29) is 24.0 Å². The van der Waals surface area contributed by atoms with Crippen molar-refractivity contribution in [3.05, 3.63) is 48.4 Å². The van der Waals surface area contributed by atoms with E-state index in [2.05, 4.69) is 56.8 Å². The fourth-order valence-electron chi connectivity index (χ4n) is 3.46. The fourth-order valence-corrected chi connectivity index (χ4v) is 3.46. The van der Waals surface area contributed by atoms with Gasteiger partial charge in [0, 0.05) is 58.1 Å². The summed E-state index contributed by atoms with van der Waals surface area (Å²) in [6, 6.07) is 4.63. The summed E-state index contributed by atoms with van der Waals surface area (Å²) in [6.45, 7) is 9.94. The predicted molar refractivity (Wildman–Crippen MR) is 123 cm³/mol. The lowest BCUT2D eigenvalue weighted by molar-refractivity contribution is 0.225. The molecule has 0 unspecified atom stereocenters.